The maximum absolute atomic E-state index is 13.1. The number of carbonyl (C=O) groups excluding carboxylic acids is 2. The number of benzene rings is 1. The van der Waals surface area contributed by atoms with Crippen LogP contribution in [-0.2, 0) is 20.4 Å². The Labute approximate surface area is 215 Å². The van der Waals surface area contributed by atoms with Crippen LogP contribution in [0.4, 0.5) is 35.4 Å². The third kappa shape index (κ3) is 9.32. The lowest BCUT2D eigenvalue weighted by atomic mass is 10.1. The Hall–Kier alpha value is -3.77. The first-order chi connectivity index (χ1) is 17.6. The largest absolute Gasteiger partial charge is 0.450 e. The zero-order valence-corrected chi connectivity index (χ0v) is 20.8. The van der Waals surface area contributed by atoms with Gasteiger partial charge in [-0.1, -0.05) is 6.07 Å². The summed E-state index contributed by atoms with van der Waals surface area (Å²) in [7, 11) is 1.48. The number of alkyl halides is 3. The summed E-state index contributed by atoms with van der Waals surface area (Å²) in [5, 5.41) is 17.6. The summed E-state index contributed by atoms with van der Waals surface area (Å²) in [5.41, 5.74) is 4.78. The van der Waals surface area contributed by atoms with Gasteiger partial charge in [-0.15, -0.1) is 11.8 Å². The number of hydrogen-bond acceptors (Lipinski definition) is 10. The number of hydrogen-bond donors (Lipinski definition) is 4. The van der Waals surface area contributed by atoms with E-state index in [0.29, 0.717) is 6.61 Å². The van der Waals surface area contributed by atoms with Gasteiger partial charge in [-0.25, -0.2) is 9.78 Å². The third-order valence-electron chi connectivity index (χ3n) is 4.73. The predicted molar refractivity (Wildman–Crippen MR) is 131 cm³/mol. The summed E-state index contributed by atoms with van der Waals surface area (Å²) in [6, 6.07) is 5.05. The van der Waals surface area contributed by atoms with Crippen LogP contribution in [0.1, 0.15) is 24.0 Å². The average molecular weight is 542 g/mol. The van der Waals surface area contributed by atoms with Gasteiger partial charge in [0.1, 0.15) is 22.7 Å². The minimum absolute atomic E-state index is 0.0123. The van der Waals surface area contributed by atoms with E-state index in [4.69, 9.17) is 15.2 Å². The first-order valence-electron chi connectivity index (χ1n) is 10.8. The standard InChI is InChI=1S/C22H26F3N7O4S/c1-35-10-8-28-21(34)36-9-4-7-16(30-17-15(12-26)19(37-2)32-20(27)31-17)18(33)29-14-6-3-5-13(11-14)22(23,24)25/h3,5-6,11,16H,4,7-10H2,1-2H3,(H,28,34)(H,29,33)(H3,27,30,31,32)/t16-/m0/s1. The van der Waals surface area contributed by atoms with Gasteiger partial charge in [0, 0.05) is 19.3 Å². The molecular formula is C22H26F3N7O4S. The van der Waals surface area contributed by atoms with Gasteiger partial charge >= 0.3 is 12.3 Å². The molecule has 2 amide bonds. The summed E-state index contributed by atoms with van der Waals surface area (Å²) in [6.07, 6.45) is -3.31. The molecule has 0 aliphatic heterocycles. The maximum atomic E-state index is 13.1. The molecule has 5 N–H and O–H groups in total. The van der Waals surface area contributed by atoms with Crippen LogP contribution in [0.5, 0.6) is 0 Å². The number of methoxy groups -OCH3 is 1. The van der Waals surface area contributed by atoms with Crippen molar-refractivity contribution in [2.75, 3.05) is 49.5 Å². The third-order valence-corrected chi connectivity index (χ3v) is 5.41. The van der Waals surface area contributed by atoms with E-state index in [2.05, 4.69) is 25.9 Å². The Balaban J connectivity index is 2.19. The smallest absolute Gasteiger partial charge is 0.416 e. The molecule has 0 aliphatic rings. The summed E-state index contributed by atoms with van der Waals surface area (Å²) in [4.78, 5) is 32.8. The minimum atomic E-state index is -4.59. The molecule has 37 heavy (non-hydrogen) atoms. The van der Waals surface area contributed by atoms with Crippen molar-refractivity contribution in [2.24, 2.45) is 0 Å². The molecule has 0 saturated heterocycles. The van der Waals surface area contributed by atoms with E-state index in [9.17, 15) is 28.0 Å². The first kappa shape index (κ1) is 29.5. The lowest BCUT2D eigenvalue weighted by Crippen LogP contribution is -2.36. The van der Waals surface area contributed by atoms with Gasteiger partial charge in [-0.3, -0.25) is 4.79 Å². The summed E-state index contributed by atoms with van der Waals surface area (Å²) >= 11 is 1.15. The second-order valence-electron chi connectivity index (χ2n) is 7.39. The number of carbonyl (C=O) groups is 2. The van der Waals surface area contributed by atoms with Crippen molar-refractivity contribution >= 4 is 41.2 Å². The first-order valence-corrected chi connectivity index (χ1v) is 12.1. The normalized spacial score (nSPS) is 11.8. The van der Waals surface area contributed by atoms with Gasteiger partial charge < -0.3 is 31.2 Å². The highest BCUT2D eigenvalue weighted by Gasteiger charge is 2.31. The van der Waals surface area contributed by atoms with Crippen LogP contribution >= 0.6 is 11.8 Å². The number of nitrogens with two attached hydrogens (primary N) is 1. The molecule has 0 unspecified atom stereocenters. The van der Waals surface area contributed by atoms with Crippen LogP contribution in [0.25, 0.3) is 0 Å². The van der Waals surface area contributed by atoms with Crippen molar-refractivity contribution < 1.29 is 32.2 Å². The van der Waals surface area contributed by atoms with Crippen LogP contribution in [0.3, 0.4) is 0 Å². The van der Waals surface area contributed by atoms with Crippen molar-refractivity contribution in [1.82, 2.24) is 15.3 Å². The quantitative estimate of drug-likeness (QED) is 0.178. The molecule has 0 bridgehead atoms. The number of nitrogen functional groups attached to an aromatic ring is 1. The van der Waals surface area contributed by atoms with Gasteiger partial charge in [-0.05, 0) is 37.3 Å². The van der Waals surface area contributed by atoms with E-state index in [-0.39, 0.29) is 54.0 Å². The highest BCUT2D eigenvalue weighted by atomic mass is 32.2. The molecule has 1 aromatic carbocycles. The van der Waals surface area contributed by atoms with Crippen molar-refractivity contribution in [3.05, 3.63) is 35.4 Å². The molecular weight excluding hydrogens is 515 g/mol. The van der Waals surface area contributed by atoms with Gasteiger partial charge in [0.15, 0.2) is 5.82 Å². The summed E-state index contributed by atoms with van der Waals surface area (Å²) in [6.45, 7) is 0.502. The van der Waals surface area contributed by atoms with Crippen LogP contribution in [-0.4, -0.2) is 61.1 Å². The SMILES string of the molecule is COCCNC(=O)OCCC[C@H](Nc1nc(N)nc(SC)c1C#N)C(=O)Nc1cccc(C(F)(F)F)c1. The van der Waals surface area contributed by atoms with Gasteiger partial charge in [-0.2, -0.15) is 23.4 Å². The molecule has 1 atom stereocenters. The molecule has 2 aromatic rings. The molecule has 1 aromatic heterocycles. The number of amides is 2. The van der Waals surface area contributed by atoms with Crippen LogP contribution in [0.15, 0.2) is 29.3 Å². The highest BCUT2D eigenvalue weighted by Crippen LogP contribution is 2.31. The van der Waals surface area contributed by atoms with Gasteiger partial charge in [0.2, 0.25) is 11.9 Å². The zero-order chi connectivity index (χ0) is 27.4. The fraction of sp³-hybridized carbons (Fsp3) is 0.409. The van der Waals surface area contributed by atoms with E-state index >= 15 is 0 Å². The Morgan fingerprint density at radius 3 is 2.68 bits per heavy atom. The zero-order valence-electron chi connectivity index (χ0n) is 20.0. The monoisotopic (exact) mass is 541 g/mol. The van der Waals surface area contributed by atoms with E-state index in [1.54, 1.807) is 6.26 Å². The minimum Gasteiger partial charge on any atom is -0.450 e. The molecule has 1 heterocycles. The molecule has 0 aliphatic carbocycles. The molecule has 0 saturated carbocycles. The second kappa shape index (κ2) is 14.1. The second-order valence-corrected chi connectivity index (χ2v) is 8.18. The number of aromatic nitrogens is 2. The molecule has 2 rings (SSSR count). The average Bonchev–Trinajstić information content (AvgIpc) is 2.85. The van der Waals surface area contributed by atoms with Crippen molar-refractivity contribution in [3.63, 3.8) is 0 Å². The highest BCUT2D eigenvalue weighted by molar-refractivity contribution is 7.98. The van der Waals surface area contributed by atoms with E-state index in [1.165, 1.54) is 19.2 Å². The van der Waals surface area contributed by atoms with Crippen LogP contribution in [0, 0.1) is 11.3 Å². The van der Waals surface area contributed by atoms with E-state index < -0.39 is 29.8 Å². The van der Waals surface area contributed by atoms with E-state index in [0.717, 1.165) is 23.9 Å². The summed E-state index contributed by atoms with van der Waals surface area (Å²) < 4.78 is 49.1. The van der Waals surface area contributed by atoms with Crippen molar-refractivity contribution in [3.8, 4) is 6.07 Å². The number of anilines is 3. The Morgan fingerprint density at radius 2 is 2.03 bits per heavy atom. The predicted octanol–water partition coefficient (Wildman–Crippen LogP) is 3.24. The molecule has 15 heteroatoms. The maximum Gasteiger partial charge on any atom is 0.416 e. The number of nitrogens with zero attached hydrogens (tertiary/aromatic N) is 3. The lowest BCUT2D eigenvalue weighted by Gasteiger charge is -2.20. The van der Waals surface area contributed by atoms with E-state index in [1.807, 2.05) is 6.07 Å². The number of ether oxygens (including phenoxy) is 2. The Kier molecular flexibility index (Phi) is 11.2. The fourth-order valence-electron chi connectivity index (χ4n) is 3.00. The number of nitriles is 1. The molecule has 11 nitrogen and oxygen atoms in total. The number of thioether (sulfide) groups is 1. The number of rotatable bonds is 12. The fourth-order valence-corrected chi connectivity index (χ4v) is 3.54. The summed E-state index contributed by atoms with van der Waals surface area (Å²) in [5.74, 6) is -0.851. The Bertz CT molecular complexity index is 1130. The molecule has 0 radical (unpaired) electrons. The van der Waals surface area contributed by atoms with Gasteiger partial charge in [0.05, 0.1) is 18.8 Å². The molecule has 200 valence electrons. The van der Waals surface area contributed by atoms with Crippen LogP contribution in [0.2, 0.25) is 0 Å². The lowest BCUT2D eigenvalue weighted by molar-refractivity contribution is -0.137. The van der Waals surface area contributed by atoms with Crippen molar-refractivity contribution in [1.29, 1.82) is 5.26 Å². The number of nitrogens with one attached hydrogen (secondary N) is 3. The Morgan fingerprint density at radius 1 is 1.27 bits per heavy atom. The molecule has 0 spiro atoms. The van der Waals surface area contributed by atoms with Gasteiger partial charge in [0.25, 0.3) is 0 Å². The number of halogens is 3. The number of alkyl carbamates (subject to hydrolysis) is 1. The van der Waals surface area contributed by atoms with Crippen LogP contribution < -0.4 is 21.7 Å². The van der Waals surface area contributed by atoms with Crippen molar-refractivity contribution in [2.45, 2.75) is 30.1 Å². The molecule has 0 fully saturated rings. The topological polar surface area (TPSA) is 164 Å².